The zero-order chi connectivity index (χ0) is 18.7. The van der Waals surface area contributed by atoms with Crippen molar-refractivity contribution in [2.24, 2.45) is 7.05 Å². The number of nitrogens with zero attached hydrogens (tertiary/aromatic N) is 3. The van der Waals surface area contributed by atoms with E-state index in [2.05, 4.69) is 30.1 Å². The monoisotopic (exact) mass is 395 g/mol. The van der Waals surface area contributed by atoms with Crippen LogP contribution in [0.4, 0.5) is 0 Å². The van der Waals surface area contributed by atoms with E-state index in [0.29, 0.717) is 13.0 Å². The van der Waals surface area contributed by atoms with E-state index >= 15 is 0 Å². The lowest BCUT2D eigenvalue weighted by molar-refractivity contribution is 0.318. The third-order valence-corrected chi connectivity index (χ3v) is 7.32. The first-order valence-electron chi connectivity index (χ1n) is 8.78. The number of thioether (sulfide) groups is 1. The molecule has 1 saturated heterocycles. The first kappa shape index (κ1) is 19.2. The van der Waals surface area contributed by atoms with Crippen LogP contribution in [-0.4, -0.2) is 47.0 Å². The van der Waals surface area contributed by atoms with Crippen molar-refractivity contribution in [3.63, 3.8) is 0 Å². The van der Waals surface area contributed by atoms with Crippen LogP contribution >= 0.6 is 11.8 Å². The summed E-state index contributed by atoms with van der Waals surface area (Å²) in [5.74, 6) is 2.98. The largest absolute Gasteiger partial charge is 0.494 e. The van der Waals surface area contributed by atoms with E-state index in [9.17, 15) is 8.42 Å². The van der Waals surface area contributed by atoms with Gasteiger partial charge in [0.15, 0.2) is 15.0 Å². The third-order valence-electron chi connectivity index (χ3n) is 4.45. The van der Waals surface area contributed by atoms with Crippen molar-refractivity contribution in [3.05, 3.63) is 35.2 Å². The number of rotatable bonds is 7. The van der Waals surface area contributed by atoms with Crippen LogP contribution < -0.4 is 4.74 Å². The third kappa shape index (κ3) is 4.79. The molecule has 1 aliphatic heterocycles. The Morgan fingerprint density at radius 2 is 1.96 bits per heavy atom. The Morgan fingerprint density at radius 3 is 2.62 bits per heavy atom. The summed E-state index contributed by atoms with van der Waals surface area (Å²) in [5, 5.41) is 9.28. The highest BCUT2D eigenvalue weighted by Gasteiger charge is 2.32. The highest BCUT2D eigenvalue weighted by atomic mass is 32.2. The number of aromatic nitrogens is 3. The van der Waals surface area contributed by atoms with Gasteiger partial charge in [0.2, 0.25) is 0 Å². The molecule has 8 heteroatoms. The van der Waals surface area contributed by atoms with Crippen LogP contribution in [0.25, 0.3) is 0 Å². The molecule has 0 aliphatic carbocycles. The van der Waals surface area contributed by atoms with Gasteiger partial charge in [-0.1, -0.05) is 17.8 Å². The zero-order valence-electron chi connectivity index (χ0n) is 15.4. The maximum Gasteiger partial charge on any atom is 0.190 e. The number of benzene rings is 1. The maximum absolute atomic E-state index is 11.7. The van der Waals surface area contributed by atoms with Gasteiger partial charge in [-0.15, -0.1) is 10.2 Å². The Bertz CT molecular complexity index is 858. The molecule has 0 N–H and O–H groups in total. The summed E-state index contributed by atoms with van der Waals surface area (Å²) in [4.78, 5) is 0. The van der Waals surface area contributed by atoms with E-state index in [0.717, 1.165) is 28.9 Å². The minimum atomic E-state index is -2.91. The molecule has 3 rings (SSSR count). The molecule has 1 atom stereocenters. The summed E-state index contributed by atoms with van der Waals surface area (Å²) in [7, 11) is -1.00. The number of hydrogen-bond acceptors (Lipinski definition) is 6. The highest BCUT2D eigenvalue weighted by Crippen LogP contribution is 2.29. The molecule has 1 unspecified atom stereocenters. The molecule has 0 radical (unpaired) electrons. The smallest absolute Gasteiger partial charge is 0.190 e. The van der Waals surface area contributed by atoms with Gasteiger partial charge in [-0.05, 0) is 49.9 Å². The van der Waals surface area contributed by atoms with Crippen LogP contribution in [0.3, 0.4) is 0 Å². The quantitative estimate of drug-likeness (QED) is 0.530. The molecule has 1 fully saturated rings. The van der Waals surface area contributed by atoms with Gasteiger partial charge in [0.25, 0.3) is 0 Å². The number of aryl methyl sites for hydroxylation is 2. The zero-order valence-corrected chi connectivity index (χ0v) is 17.1. The van der Waals surface area contributed by atoms with Gasteiger partial charge in [-0.3, -0.25) is 0 Å². The summed E-state index contributed by atoms with van der Waals surface area (Å²) < 4.78 is 31.1. The Balaban J connectivity index is 1.47. The van der Waals surface area contributed by atoms with Crippen LogP contribution in [0.5, 0.6) is 5.75 Å². The number of ether oxygens (including phenoxy) is 1. The second kappa shape index (κ2) is 8.00. The molecule has 1 aromatic carbocycles. The van der Waals surface area contributed by atoms with Crippen molar-refractivity contribution in [3.8, 4) is 5.75 Å². The molecule has 0 saturated carbocycles. The summed E-state index contributed by atoms with van der Waals surface area (Å²) in [6, 6.07) is 6.22. The summed E-state index contributed by atoms with van der Waals surface area (Å²) >= 11 is 1.63. The molecule has 6 nitrogen and oxygen atoms in total. The van der Waals surface area contributed by atoms with Crippen molar-refractivity contribution in [1.82, 2.24) is 14.8 Å². The molecule has 1 aliphatic rings. The van der Waals surface area contributed by atoms with E-state index in [-0.39, 0.29) is 17.4 Å². The average Bonchev–Trinajstić information content (AvgIpc) is 3.08. The van der Waals surface area contributed by atoms with Crippen LogP contribution in [0.15, 0.2) is 23.4 Å². The van der Waals surface area contributed by atoms with E-state index in [1.807, 2.05) is 23.7 Å². The SMILES string of the molecule is Cc1cc(C)cc(OCCCSc2nnc(C3CCS(=O)(=O)C3)n2C)c1. The van der Waals surface area contributed by atoms with Gasteiger partial charge in [0, 0.05) is 18.7 Å². The maximum atomic E-state index is 11.7. The van der Waals surface area contributed by atoms with Crippen molar-refractivity contribution < 1.29 is 13.2 Å². The second-order valence-electron chi connectivity index (χ2n) is 6.87. The lowest BCUT2D eigenvalue weighted by Gasteiger charge is -2.09. The molecular formula is C18H25N3O3S2. The minimum Gasteiger partial charge on any atom is -0.494 e. The fourth-order valence-electron chi connectivity index (χ4n) is 3.23. The fraction of sp³-hybridized carbons (Fsp3) is 0.556. The Hall–Kier alpha value is -1.54. The molecule has 0 spiro atoms. The van der Waals surface area contributed by atoms with Gasteiger partial charge in [-0.2, -0.15) is 0 Å². The molecule has 1 aromatic heterocycles. The highest BCUT2D eigenvalue weighted by molar-refractivity contribution is 7.99. The number of sulfone groups is 1. The topological polar surface area (TPSA) is 74.1 Å². The first-order valence-corrected chi connectivity index (χ1v) is 11.6. The van der Waals surface area contributed by atoms with Gasteiger partial charge in [0.05, 0.1) is 18.1 Å². The Kier molecular flexibility index (Phi) is 5.92. The lowest BCUT2D eigenvalue weighted by Crippen LogP contribution is -2.09. The van der Waals surface area contributed by atoms with E-state index in [1.165, 1.54) is 11.1 Å². The first-order chi connectivity index (χ1) is 12.3. The average molecular weight is 396 g/mol. The summed E-state index contributed by atoms with van der Waals surface area (Å²) in [6.07, 6.45) is 1.54. The van der Waals surface area contributed by atoms with Crippen molar-refractivity contribution in [2.45, 2.75) is 37.8 Å². The standard InChI is InChI=1S/C18H25N3O3S2/c1-13-9-14(2)11-16(10-13)24-6-4-7-25-18-20-19-17(21(18)3)15-5-8-26(22,23)12-15/h9-11,15H,4-8,12H2,1-3H3. The predicted molar refractivity (Wildman–Crippen MR) is 104 cm³/mol. The Morgan fingerprint density at radius 1 is 1.23 bits per heavy atom. The predicted octanol–water partition coefficient (Wildman–Crippen LogP) is 2.90. The summed E-state index contributed by atoms with van der Waals surface area (Å²) in [6.45, 7) is 4.79. The van der Waals surface area contributed by atoms with Crippen LogP contribution in [0.2, 0.25) is 0 Å². The van der Waals surface area contributed by atoms with Gasteiger partial charge >= 0.3 is 0 Å². The molecule has 0 amide bonds. The minimum absolute atomic E-state index is 0.0280. The molecule has 142 valence electrons. The fourth-order valence-corrected chi connectivity index (χ4v) is 5.80. The van der Waals surface area contributed by atoms with Crippen molar-refractivity contribution in [2.75, 3.05) is 23.9 Å². The van der Waals surface area contributed by atoms with E-state index < -0.39 is 9.84 Å². The lowest BCUT2D eigenvalue weighted by atomic mass is 10.1. The second-order valence-corrected chi connectivity index (χ2v) is 10.2. The van der Waals surface area contributed by atoms with Gasteiger partial charge < -0.3 is 9.30 Å². The van der Waals surface area contributed by atoms with E-state index in [4.69, 9.17) is 4.74 Å². The van der Waals surface area contributed by atoms with Crippen LogP contribution in [0.1, 0.15) is 35.7 Å². The van der Waals surface area contributed by atoms with Crippen molar-refractivity contribution in [1.29, 1.82) is 0 Å². The molecule has 2 heterocycles. The molecule has 2 aromatic rings. The van der Waals surface area contributed by atoms with Crippen molar-refractivity contribution >= 4 is 21.6 Å². The van der Waals surface area contributed by atoms with Gasteiger partial charge in [0.1, 0.15) is 11.6 Å². The molecule has 26 heavy (non-hydrogen) atoms. The van der Waals surface area contributed by atoms with Crippen LogP contribution in [0, 0.1) is 13.8 Å². The van der Waals surface area contributed by atoms with Crippen LogP contribution in [-0.2, 0) is 16.9 Å². The van der Waals surface area contributed by atoms with Gasteiger partial charge in [-0.25, -0.2) is 8.42 Å². The van der Waals surface area contributed by atoms with E-state index in [1.54, 1.807) is 11.8 Å². The molecule has 0 bridgehead atoms. The number of hydrogen-bond donors (Lipinski definition) is 0. The Labute approximate surface area is 159 Å². The normalized spacial score (nSPS) is 19.0. The summed E-state index contributed by atoms with van der Waals surface area (Å²) in [5.41, 5.74) is 2.41. The molecular weight excluding hydrogens is 370 g/mol.